The standard InChI is InChI=1S/C10H10N2O6S/c1-7(13)18-10-6-11(10)19(16,17)9-4-2-8(3-5-9)12(14)15/h2-5,10H,6H2,1H3. The molecule has 0 N–H and O–H groups in total. The molecule has 102 valence electrons. The van der Waals surface area contributed by atoms with Gasteiger partial charge in [-0.15, -0.1) is 0 Å². The maximum absolute atomic E-state index is 12.0. The van der Waals surface area contributed by atoms with Crippen LogP contribution in [0.3, 0.4) is 0 Å². The van der Waals surface area contributed by atoms with Gasteiger partial charge in [0.1, 0.15) is 0 Å². The number of carbonyl (C=O) groups excluding carboxylic acids is 1. The molecule has 0 saturated carbocycles. The van der Waals surface area contributed by atoms with E-state index < -0.39 is 27.1 Å². The lowest BCUT2D eigenvalue weighted by atomic mass is 10.3. The average Bonchev–Trinajstić information content (AvgIpc) is 3.08. The van der Waals surface area contributed by atoms with Crippen molar-refractivity contribution in [3.05, 3.63) is 34.4 Å². The molecule has 2 atom stereocenters. The number of benzene rings is 1. The second-order valence-corrected chi connectivity index (χ2v) is 5.78. The Kier molecular flexibility index (Phi) is 3.25. The highest BCUT2D eigenvalue weighted by Crippen LogP contribution is 2.29. The van der Waals surface area contributed by atoms with Gasteiger partial charge in [-0.2, -0.15) is 4.31 Å². The lowest BCUT2D eigenvalue weighted by Gasteiger charge is -2.05. The first-order valence-electron chi connectivity index (χ1n) is 5.26. The number of hydrogen-bond acceptors (Lipinski definition) is 6. The summed E-state index contributed by atoms with van der Waals surface area (Å²) in [5, 5.41) is 10.5. The Bertz CT molecular complexity index is 624. The molecule has 2 rings (SSSR count). The first-order chi connectivity index (χ1) is 8.82. The summed E-state index contributed by atoms with van der Waals surface area (Å²) in [5.74, 6) is -0.564. The molecule has 1 aromatic rings. The van der Waals surface area contributed by atoms with Crippen molar-refractivity contribution in [2.24, 2.45) is 0 Å². The maximum Gasteiger partial charge on any atom is 0.304 e. The van der Waals surface area contributed by atoms with E-state index in [0.29, 0.717) is 0 Å². The van der Waals surface area contributed by atoms with Crippen LogP contribution >= 0.6 is 0 Å². The summed E-state index contributed by atoms with van der Waals surface area (Å²) in [6.45, 7) is 1.29. The second kappa shape index (κ2) is 4.59. The monoisotopic (exact) mass is 286 g/mol. The molecular formula is C10H10N2O6S. The van der Waals surface area contributed by atoms with Gasteiger partial charge >= 0.3 is 5.97 Å². The van der Waals surface area contributed by atoms with Crippen LogP contribution in [0.15, 0.2) is 29.2 Å². The van der Waals surface area contributed by atoms with Gasteiger partial charge in [0.25, 0.3) is 5.69 Å². The molecule has 0 aliphatic carbocycles. The van der Waals surface area contributed by atoms with Crippen molar-refractivity contribution in [3.63, 3.8) is 0 Å². The van der Waals surface area contributed by atoms with E-state index in [1.165, 1.54) is 6.92 Å². The summed E-state index contributed by atoms with van der Waals surface area (Å²) >= 11 is 0. The number of nitrogens with zero attached hydrogens (tertiary/aromatic N) is 2. The van der Waals surface area contributed by atoms with Crippen molar-refractivity contribution >= 4 is 21.7 Å². The highest BCUT2D eigenvalue weighted by atomic mass is 32.2. The molecule has 0 amide bonds. The number of ether oxygens (including phenoxy) is 1. The molecular weight excluding hydrogens is 276 g/mol. The maximum atomic E-state index is 12.0. The SMILES string of the molecule is CC(=O)OC1CN1S(=O)(=O)c1ccc([N+](=O)[O-])cc1. The van der Waals surface area contributed by atoms with Gasteiger partial charge in [0.05, 0.1) is 16.4 Å². The van der Waals surface area contributed by atoms with E-state index in [-0.39, 0.29) is 17.1 Å². The molecule has 8 nitrogen and oxygen atoms in total. The lowest BCUT2D eigenvalue weighted by molar-refractivity contribution is -0.384. The largest absolute Gasteiger partial charge is 0.444 e. The Morgan fingerprint density at radius 3 is 2.47 bits per heavy atom. The average molecular weight is 286 g/mol. The van der Waals surface area contributed by atoms with E-state index >= 15 is 0 Å². The minimum atomic E-state index is -3.77. The zero-order valence-electron chi connectivity index (χ0n) is 9.85. The fourth-order valence-corrected chi connectivity index (χ4v) is 2.95. The van der Waals surface area contributed by atoms with Crippen molar-refractivity contribution in [1.29, 1.82) is 0 Å². The molecule has 1 heterocycles. The molecule has 1 saturated heterocycles. The zero-order chi connectivity index (χ0) is 14.2. The predicted molar refractivity (Wildman–Crippen MR) is 62.5 cm³/mol. The van der Waals surface area contributed by atoms with Gasteiger partial charge in [-0.1, -0.05) is 0 Å². The molecule has 2 unspecified atom stereocenters. The number of carbonyl (C=O) groups is 1. The molecule has 1 fully saturated rings. The van der Waals surface area contributed by atoms with Gasteiger partial charge in [-0.05, 0) is 12.1 Å². The van der Waals surface area contributed by atoms with Crippen LogP contribution in [0.1, 0.15) is 6.92 Å². The van der Waals surface area contributed by atoms with Crippen molar-refractivity contribution in [2.45, 2.75) is 18.0 Å². The number of nitro groups is 1. The molecule has 19 heavy (non-hydrogen) atoms. The van der Waals surface area contributed by atoms with Gasteiger partial charge in [0, 0.05) is 19.1 Å². The van der Waals surface area contributed by atoms with Crippen molar-refractivity contribution in [3.8, 4) is 0 Å². The summed E-state index contributed by atoms with van der Waals surface area (Å²) in [6.07, 6.45) is -0.780. The fraction of sp³-hybridized carbons (Fsp3) is 0.300. The molecule has 0 aromatic heterocycles. The molecule has 0 bridgehead atoms. The number of nitro benzene ring substituents is 1. The quantitative estimate of drug-likeness (QED) is 0.345. The van der Waals surface area contributed by atoms with E-state index in [1.54, 1.807) is 0 Å². The molecule has 0 radical (unpaired) electrons. The Morgan fingerprint density at radius 1 is 1.42 bits per heavy atom. The van der Waals surface area contributed by atoms with Gasteiger partial charge < -0.3 is 4.74 Å². The van der Waals surface area contributed by atoms with Crippen LogP contribution in [0.4, 0.5) is 5.69 Å². The Morgan fingerprint density at radius 2 is 2.00 bits per heavy atom. The van der Waals surface area contributed by atoms with Crippen LogP contribution in [-0.4, -0.2) is 36.4 Å². The fourth-order valence-electron chi connectivity index (χ4n) is 1.52. The van der Waals surface area contributed by atoms with Gasteiger partial charge in [-0.3, -0.25) is 14.9 Å². The smallest absolute Gasteiger partial charge is 0.304 e. The van der Waals surface area contributed by atoms with Crippen LogP contribution in [0.2, 0.25) is 0 Å². The van der Waals surface area contributed by atoms with Crippen LogP contribution < -0.4 is 0 Å². The van der Waals surface area contributed by atoms with Crippen molar-refractivity contribution in [1.82, 2.24) is 4.31 Å². The third kappa shape index (κ3) is 2.71. The van der Waals surface area contributed by atoms with Crippen LogP contribution in [-0.2, 0) is 19.6 Å². The van der Waals surface area contributed by atoms with Gasteiger partial charge in [0.2, 0.25) is 10.0 Å². The number of non-ortho nitro benzene ring substituents is 1. The normalized spacial score (nSPS) is 21.7. The number of rotatable bonds is 4. The highest BCUT2D eigenvalue weighted by Gasteiger charge is 2.47. The van der Waals surface area contributed by atoms with Crippen LogP contribution in [0.25, 0.3) is 0 Å². The third-order valence-corrected chi connectivity index (χ3v) is 4.35. The van der Waals surface area contributed by atoms with Gasteiger partial charge in [-0.25, -0.2) is 8.42 Å². The molecule has 0 spiro atoms. The Balaban J connectivity index is 2.17. The third-order valence-electron chi connectivity index (χ3n) is 2.48. The van der Waals surface area contributed by atoms with E-state index in [9.17, 15) is 23.3 Å². The summed E-state index contributed by atoms with van der Waals surface area (Å²) in [4.78, 5) is 20.5. The van der Waals surface area contributed by atoms with E-state index in [2.05, 4.69) is 0 Å². The number of sulfonamides is 1. The van der Waals surface area contributed by atoms with E-state index in [1.807, 2.05) is 0 Å². The van der Waals surface area contributed by atoms with Gasteiger partial charge in [0.15, 0.2) is 6.23 Å². The predicted octanol–water partition coefficient (Wildman–Crippen LogP) is 0.488. The summed E-state index contributed by atoms with van der Waals surface area (Å²) in [7, 11) is -3.77. The van der Waals surface area contributed by atoms with Crippen LogP contribution in [0, 0.1) is 10.1 Å². The second-order valence-electron chi connectivity index (χ2n) is 3.89. The minimum Gasteiger partial charge on any atom is -0.444 e. The Labute approximate surface area is 108 Å². The molecule has 1 aliphatic heterocycles. The summed E-state index contributed by atoms with van der Waals surface area (Å²) < 4.78 is 29.8. The first-order valence-corrected chi connectivity index (χ1v) is 6.70. The molecule has 1 aromatic carbocycles. The Hall–Kier alpha value is -2.00. The highest BCUT2D eigenvalue weighted by molar-refractivity contribution is 7.89. The molecule has 9 heteroatoms. The topological polar surface area (TPSA) is 107 Å². The number of esters is 1. The van der Waals surface area contributed by atoms with E-state index in [0.717, 1.165) is 28.6 Å². The van der Waals surface area contributed by atoms with E-state index in [4.69, 9.17) is 4.74 Å². The van der Waals surface area contributed by atoms with Crippen LogP contribution in [0.5, 0.6) is 0 Å². The van der Waals surface area contributed by atoms with Crippen molar-refractivity contribution < 1.29 is 22.9 Å². The summed E-state index contributed by atoms with van der Waals surface area (Å²) in [6, 6.07) is 4.52. The lowest BCUT2D eigenvalue weighted by Crippen LogP contribution is -2.17. The first kappa shape index (κ1) is 13.4. The zero-order valence-corrected chi connectivity index (χ0v) is 10.7. The molecule has 1 aliphatic rings. The number of hydrogen-bond donors (Lipinski definition) is 0. The minimum absolute atomic E-state index is 0.0762. The summed E-state index contributed by atoms with van der Waals surface area (Å²) in [5.41, 5.74) is -0.193. The van der Waals surface area contributed by atoms with Crippen molar-refractivity contribution in [2.75, 3.05) is 6.54 Å².